The lowest BCUT2D eigenvalue weighted by molar-refractivity contribution is -0.139. The number of hydrogen-bond donors (Lipinski definition) is 3. The van der Waals surface area contributed by atoms with E-state index in [4.69, 9.17) is 24.1 Å². The first-order valence-corrected chi connectivity index (χ1v) is 11.7. The highest BCUT2D eigenvalue weighted by Gasteiger charge is 2.22. The van der Waals surface area contributed by atoms with Crippen molar-refractivity contribution in [2.75, 3.05) is 33.0 Å². The third kappa shape index (κ3) is 9.69. The van der Waals surface area contributed by atoms with Gasteiger partial charge in [0, 0.05) is 24.8 Å². The molecule has 0 saturated carbocycles. The van der Waals surface area contributed by atoms with Crippen molar-refractivity contribution in [2.24, 2.45) is 5.92 Å². The van der Waals surface area contributed by atoms with Crippen LogP contribution in [0.2, 0.25) is 0 Å². The van der Waals surface area contributed by atoms with Gasteiger partial charge in [-0.05, 0) is 36.8 Å². The third-order valence-electron chi connectivity index (χ3n) is 5.28. The number of cyclic esters (lactones) is 1. The first-order chi connectivity index (χ1) is 17.4. The fourth-order valence-corrected chi connectivity index (χ4v) is 3.27. The van der Waals surface area contributed by atoms with Gasteiger partial charge in [-0.1, -0.05) is 30.9 Å². The minimum atomic E-state index is -1.05. The third-order valence-corrected chi connectivity index (χ3v) is 5.28. The van der Waals surface area contributed by atoms with E-state index < -0.39 is 24.1 Å². The van der Waals surface area contributed by atoms with Gasteiger partial charge in [-0.2, -0.15) is 0 Å². The first kappa shape index (κ1) is 28.8. The van der Waals surface area contributed by atoms with Gasteiger partial charge in [0.15, 0.2) is 0 Å². The molecule has 0 spiro atoms. The second kappa shape index (κ2) is 15.6. The summed E-state index contributed by atoms with van der Waals surface area (Å²) in [5.41, 5.74) is 1.15. The molecule has 0 aromatic heterocycles. The Morgan fingerprint density at radius 2 is 1.81 bits per heavy atom. The van der Waals surface area contributed by atoms with Crippen LogP contribution in [0.4, 0.5) is 0 Å². The average molecular weight is 503 g/mol. The van der Waals surface area contributed by atoms with Crippen LogP contribution in [0.25, 0.3) is 5.57 Å². The number of aliphatic hydroxyl groups excluding tert-OH is 3. The molecule has 3 atom stereocenters. The van der Waals surface area contributed by atoms with E-state index in [1.165, 1.54) is 0 Å². The molecule has 0 fully saturated rings. The van der Waals surface area contributed by atoms with Crippen LogP contribution in [0, 0.1) is 5.92 Å². The molecule has 1 aliphatic rings. The molecule has 9 nitrogen and oxygen atoms in total. The number of aliphatic hydroxyl groups is 3. The highest BCUT2D eigenvalue weighted by Crippen LogP contribution is 2.26. The van der Waals surface area contributed by atoms with Gasteiger partial charge in [-0.25, -0.2) is 9.59 Å². The van der Waals surface area contributed by atoms with Crippen molar-refractivity contribution >= 4 is 17.5 Å². The van der Waals surface area contributed by atoms with E-state index >= 15 is 0 Å². The minimum absolute atomic E-state index is 0.0180. The van der Waals surface area contributed by atoms with E-state index in [0.717, 1.165) is 6.08 Å². The second-order valence-electron chi connectivity index (χ2n) is 7.92. The number of benzene rings is 1. The molecule has 196 valence electrons. The molecule has 1 aliphatic heterocycles. The van der Waals surface area contributed by atoms with Gasteiger partial charge in [0.05, 0.1) is 37.6 Å². The highest BCUT2D eigenvalue weighted by molar-refractivity contribution is 6.17. The molecule has 0 saturated heterocycles. The van der Waals surface area contributed by atoms with Crippen molar-refractivity contribution < 1.29 is 43.9 Å². The molecule has 0 aliphatic carbocycles. The lowest BCUT2D eigenvalue weighted by Crippen LogP contribution is -2.28. The summed E-state index contributed by atoms with van der Waals surface area (Å²) in [6.45, 7) is 5.56. The molecule has 1 heterocycles. The summed E-state index contributed by atoms with van der Waals surface area (Å²) in [5.74, 6) is 0.0118. The summed E-state index contributed by atoms with van der Waals surface area (Å²) < 4.78 is 21.2. The fraction of sp³-hybridized carbons (Fsp3) is 0.407. The first-order valence-electron chi connectivity index (χ1n) is 11.7. The van der Waals surface area contributed by atoms with Crippen LogP contribution in [0.1, 0.15) is 25.3 Å². The van der Waals surface area contributed by atoms with E-state index in [0.29, 0.717) is 22.6 Å². The molecule has 2 rings (SSSR count). The van der Waals surface area contributed by atoms with Gasteiger partial charge in [0.25, 0.3) is 0 Å². The smallest absolute Gasteiger partial charge is 0.338 e. The lowest BCUT2D eigenvalue weighted by Gasteiger charge is -2.19. The Kier molecular flexibility index (Phi) is 12.5. The van der Waals surface area contributed by atoms with Gasteiger partial charge >= 0.3 is 11.9 Å². The molecule has 0 amide bonds. The van der Waals surface area contributed by atoms with E-state index in [1.807, 2.05) is 19.1 Å². The second-order valence-corrected chi connectivity index (χ2v) is 7.92. The Labute approximate surface area is 210 Å². The molecule has 1 aromatic rings. The fourth-order valence-electron chi connectivity index (χ4n) is 3.27. The number of hydrogen-bond acceptors (Lipinski definition) is 9. The van der Waals surface area contributed by atoms with E-state index in [1.54, 1.807) is 36.4 Å². The lowest BCUT2D eigenvalue weighted by atomic mass is 9.97. The topological polar surface area (TPSA) is 132 Å². The summed E-state index contributed by atoms with van der Waals surface area (Å²) in [5, 5.41) is 28.9. The summed E-state index contributed by atoms with van der Waals surface area (Å²) >= 11 is 0. The molecular formula is C27H34O9. The predicted octanol–water partition coefficient (Wildman–Crippen LogP) is 2.32. The zero-order chi connectivity index (χ0) is 26.3. The van der Waals surface area contributed by atoms with Gasteiger partial charge in [0.2, 0.25) is 0 Å². The van der Waals surface area contributed by atoms with Crippen molar-refractivity contribution in [1.29, 1.82) is 0 Å². The monoisotopic (exact) mass is 502 g/mol. The van der Waals surface area contributed by atoms with Gasteiger partial charge in [0.1, 0.15) is 24.7 Å². The van der Waals surface area contributed by atoms with Crippen LogP contribution >= 0.6 is 0 Å². The Morgan fingerprint density at radius 1 is 1.14 bits per heavy atom. The van der Waals surface area contributed by atoms with Crippen LogP contribution in [0.3, 0.4) is 0 Å². The Morgan fingerprint density at radius 3 is 2.42 bits per heavy atom. The maximum atomic E-state index is 12.3. The zero-order valence-electron chi connectivity index (χ0n) is 20.4. The van der Waals surface area contributed by atoms with Crippen molar-refractivity contribution in [3.8, 4) is 5.75 Å². The van der Waals surface area contributed by atoms with Crippen LogP contribution in [-0.4, -0.2) is 72.5 Å². The molecule has 1 aromatic carbocycles. The summed E-state index contributed by atoms with van der Waals surface area (Å²) in [6, 6.07) is 6.97. The van der Waals surface area contributed by atoms with Crippen LogP contribution < -0.4 is 4.74 Å². The van der Waals surface area contributed by atoms with Crippen LogP contribution in [0.5, 0.6) is 5.75 Å². The Balaban J connectivity index is 1.87. The van der Waals surface area contributed by atoms with Crippen molar-refractivity contribution in [3.63, 3.8) is 0 Å². The standard InChI is InChI=1S/C27H34O9/c1-3-21(33-14-11-24(29)25(30)12-15-35-26(31)4-2)8-5-19-17-23(27(32)36-18-19)20-6-9-22(10-7-20)34-16-13-28/h3-10,17,19,24-25,28-30H,2,11-16,18H2,1H3/b8-5-,21-3+. The van der Waals surface area contributed by atoms with Crippen molar-refractivity contribution in [3.05, 3.63) is 72.5 Å². The number of rotatable bonds is 15. The molecule has 0 bridgehead atoms. The van der Waals surface area contributed by atoms with Gasteiger partial charge in [-0.3, -0.25) is 0 Å². The predicted molar refractivity (Wildman–Crippen MR) is 133 cm³/mol. The van der Waals surface area contributed by atoms with Crippen LogP contribution in [0.15, 0.2) is 67.0 Å². The van der Waals surface area contributed by atoms with E-state index in [9.17, 15) is 19.8 Å². The molecule has 9 heteroatoms. The maximum Gasteiger partial charge on any atom is 0.338 e. The summed E-state index contributed by atoms with van der Waals surface area (Å²) in [7, 11) is 0. The number of carbonyl (C=O) groups excluding carboxylic acids is 2. The maximum absolute atomic E-state index is 12.3. The van der Waals surface area contributed by atoms with E-state index in [-0.39, 0.29) is 51.8 Å². The minimum Gasteiger partial charge on any atom is -0.494 e. The molecule has 3 unspecified atom stereocenters. The SMILES string of the molecule is C=CC(=O)OCCC(O)C(O)CCOC(/C=C\C1C=C(c2ccc(OCCO)cc2)C(=O)OC1)=C/C. The Hall–Kier alpha value is -3.40. The molecular weight excluding hydrogens is 468 g/mol. The molecule has 0 radical (unpaired) electrons. The quantitative estimate of drug-likeness (QED) is 0.143. The number of ether oxygens (including phenoxy) is 4. The van der Waals surface area contributed by atoms with Gasteiger partial charge < -0.3 is 34.3 Å². The molecule has 36 heavy (non-hydrogen) atoms. The normalized spacial score (nSPS) is 17.7. The average Bonchev–Trinajstić information content (AvgIpc) is 2.90. The van der Waals surface area contributed by atoms with E-state index in [2.05, 4.69) is 6.58 Å². The van der Waals surface area contributed by atoms with Gasteiger partial charge in [-0.15, -0.1) is 0 Å². The summed E-state index contributed by atoms with van der Waals surface area (Å²) in [4.78, 5) is 23.3. The Bertz CT molecular complexity index is 946. The highest BCUT2D eigenvalue weighted by atomic mass is 16.5. The number of esters is 2. The van der Waals surface area contributed by atoms with Crippen LogP contribution in [-0.2, 0) is 23.8 Å². The van der Waals surface area contributed by atoms with Crippen molar-refractivity contribution in [1.82, 2.24) is 0 Å². The number of allylic oxidation sites excluding steroid dienone is 2. The number of carbonyl (C=O) groups is 2. The molecule has 3 N–H and O–H groups in total. The van der Waals surface area contributed by atoms with Crippen molar-refractivity contribution in [2.45, 2.75) is 32.0 Å². The summed E-state index contributed by atoms with van der Waals surface area (Å²) in [6.07, 6.45) is 6.46. The zero-order valence-corrected chi connectivity index (χ0v) is 20.4. The largest absolute Gasteiger partial charge is 0.494 e.